The van der Waals surface area contributed by atoms with E-state index < -0.39 is 5.91 Å². The van der Waals surface area contributed by atoms with Crippen LogP contribution in [-0.4, -0.2) is 33.1 Å². The maximum atomic E-state index is 12.0. The van der Waals surface area contributed by atoms with E-state index in [4.69, 9.17) is 5.26 Å². The lowest BCUT2D eigenvalue weighted by Crippen LogP contribution is -2.32. The van der Waals surface area contributed by atoms with E-state index in [0.717, 1.165) is 5.69 Å². The van der Waals surface area contributed by atoms with E-state index in [1.807, 2.05) is 6.07 Å². The molecule has 0 aliphatic heterocycles. The quantitative estimate of drug-likeness (QED) is 0.727. The number of hydrogen-bond donors (Lipinski definition) is 2. The molecule has 0 radical (unpaired) electrons. The molecule has 1 aromatic heterocycles. The minimum atomic E-state index is -0.418. The van der Waals surface area contributed by atoms with Gasteiger partial charge in [0.2, 0.25) is 5.91 Å². The lowest BCUT2D eigenvalue weighted by molar-refractivity contribution is -0.115. The first kappa shape index (κ1) is 16.9. The summed E-state index contributed by atoms with van der Waals surface area (Å²) in [5.41, 5.74) is 2.12. The normalized spacial score (nSPS) is 9.96. The average molecular weight is 346 g/mol. The zero-order chi connectivity index (χ0) is 18.4. The third-order valence-corrected chi connectivity index (χ3v) is 3.50. The van der Waals surface area contributed by atoms with Gasteiger partial charge in [0.05, 0.1) is 23.9 Å². The molecule has 2 amide bonds. The van der Waals surface area contributed by atoms with Gasteiger partial charge in [0.1, 0.15) is 12.7 Å². The first-order valence-corrected chi connectivity index (χ1v) is 7.69. The van der Waals surface area contributed by atoms with Crippen LogP contribution in [0.3, 0.4) is 0 Å². The number of carbonyl (C=O) groups is 2. The van der Waals surface area contributed by atoms with E-state index >= 15 is 0 Å². The minimum Gasteiger partial charge on any atom is -0.343 e. The number of hydrogen-bond acceptors (Lipinski definition) is 5. The Bertz CT molecular complexity index is 958. The molecule has 1 heterocycles. The number of amides is 2. The fourth-order valence-corrected chi connectivity index (χ4v) is 2.24. The van der Waals surface area contributed by atoms with Crippen LogP contribution >= 0.6 is 0 Å². The second-order valence-electron chi connectivity index (χ2n) is 5.31. The number of nitriles is 1. The average Bonchev–Trinajstić information content (AvgIpc) is 3.21. The SMILES string of the molecule is N#Cc1cccc(C(=O)NCC(=O)Nc2ccc(-n3cncn3)cc2)c1. The van der Waals surface area contributed by atoms with Gasteiger partial charge in [-0.15, -0.1) is 0 Å². The first-order valence-electron chi connectivity index (χ1n) is 7.69. The van der Waals surface area contributed by atoms with Crippen LogP contribution in [0.15, 0.2) is 61.2 Å². The fraction of sp³-hybridized carbons (Fsp3) is 0.0556. The monoisotopic (exact) mass is 346 g/mol. The molecule has 0 aliphatic carbocycles. The standard InChI is InChI=1S/C18H14N6O2/c19-9-13-2-1-3-14(8-13)18(26)21-10-17(25)23-15-4-6-16(7-5-15)24-12-20-11-22-24/h1-8,11-12H,10H2,(H,21,26)(H,23,25). The van der Waals surface area contributed by atoms with Crippen LogP contribution in [0.5, 0.6) is 0 Å². The topological polar surface area (TPSA) is 113 Å². The van der Waals surface area contributed by atoms with Crippen molar-refractivity contribution < 1.29 is 9.59 Å². The van der Waals surface area contributed by atoms with Crippen LogP contribution in [0, 0.1) is 11.3 Å². The van der Waals surface area contributed by atoms with Crippen LogP contribution < -0.4 is 10.6 Å². The van der Waals surface area contributed by atoms with Crippen LogP contribution in [0.4, 0.5) is 5.69 Å². The van der Waals surface area contributed by atoms with Gasteiger partial charge >= 0.3 is 0 Å². The largest absolute Gasteiger partial charge is 0.343 e. The summed E-state index contributed by atoms with van der Waals surface area (Å²) in [5.74, 6) is -0.776. The summed E-state index contributed by atoms with van der Waals surface area (Å²) in [6.45, 7) is -0.180. The van der Waals surface area contributed by atoms with Gasteiger partial charge in [-0.3, -0.25) is 9.59 Å². The van der Waals surface area contributed by atoms with Crippen molar-refractivity contribution >= 4 is 17.5 Å². The van der Waals surface area contributed by atoms with E-state index in [1.165, 1.54) is 12.4 Å². The molecule has 2 N–H and O–H groups in total. The molecule has 0 unspecified atom stereocenters. The van der Waals surface area contributed by atoms with Crippen molar-refractivity contribution in [2.45, 2.75) is 0 Å². The van der Waals surface area contributed by atoms with Gasteiger partial charge in [-0.25, -0.2) is 9.67 Å². The maximum Gasteiger partial charge on any atom is 0.251 e. The van der Waals surface area contributed by atoms with Crippen molar-refractivity contribution in [3.05, 3.63) is 72.3 Å². The summed E-state index contributed by atoms with van der Waals surface area (Å²) in [7, 11) is 0. The van der Waals surface area contributed by atoms with Crippen molar-refractivity contribution in [3.8, 4) is 11.8 Å². The summed E-state index contributed by atoms with van der Waals surface area (Å²) in [6, 6.07) is 15.3. The Morgan fingerprint density at radius 3 is 2.65 bits per heavy atom. The molecule has 0 saturated heterocycles. The lowest BCUT2D eigenvalue weighted by atomic mass is 10.1. The molecule has 0 fully saturated rings. The molecule has 0 bridgehead atoms. The molecule has 2 aromatic carbocycles. The highest BCUT2D eigenvalue weighted by Gasteiger charge is 2.09. The Hall–Kier alpha value is -3.99. The molecular formula is C18H14N6O2. The Labute approximate surface area is 149 Å². The van der Waals surface area contributed by atoms with E-state index in [1.54, 1.807) is 53.5 Å². The fourth-order valence-electron chi connectivity index (χ4n) is 2.24. The molecule has 0 spiro atoms. The summed E-state index contributed by atoms with van der Waals surface area (Å²) in [6.07, 6.45) is 3.01. The number of anilines is 1. The number of nitrogens with one attached hydrogen (secondary N) is 2. The minimum absolute atomic E-state index is 0.180. The zero-order valence-electron chi connectivity index (χ0n) is 13.6. The third-order valence-electron chi connectivity index (χ3n) is 3.50. The summed E-state index contributed by atoms with van der Waals surface area (Å²) < 4.78 is 1.60. The van der Waals surface area contributed by atoms with Crippen molar-refractivity contribution in [3.63, 3.8) is 0 Å². The Morgan fingerprint density at radius 1 is 1.15 bits per heavy atom. The summed E-state index contributed by atoms with van der Waals surface area (Å²) in [4.78, 5) is 27.9. The van der Waals surface area contributed by atoms with E-state index in [2.05, 4.69) is 20.7 Å². The van der Waals surface area contributed by atoms with Crippen LogP contribution in [0.2, 0.25) is 0 Å². The van der Waals surface area contributed by atoms with Gasteiger partial charge < -0.3 is 10.6 Å². The molecule has 3 aromatic rings. The predicted octanol–water partition coefficient (Wildman–Crippen LogP) is 1.51. The van der Waals surface area contributed by atoms with Crippen molar-refractivity contribution in [2.75, 3.05) is 11.9 Å². The lowest BCUT2D eigenvalue weighted by Gasteiger charge is -2.08. The summed E-state index contributed by atoms with van der Waals surface area (Å²) >= 11 is 0. The molecule has 3 rings (SSSR count). The van der Waals surface area contributed by atoms with Crippen molar-refractivity contribution in [2.24, 2.45) is 0 Å². The van der Waals surface area contributed by atoms with Crippen LogP contribution in [0.1, 0.15) is 15.9 Å². The number of nitrogens with zero attached hydrogens (tertiary/aromatic N) is 4. The predicted molar refractivity (Wildman–Crippen MR) is 93.5 cm³/mol. The molecule has 128 valence electrons. The number of rotatable bonds is 5. The van der Waals surface area contributed by atoms with Crippen LogP contribution in [0.25, 0.3) is 5.69 Å². The molecule has 8 nitrogen and oxygen atoms in total. The van der Waals surface area contributed by atoms with Gasteiger partial charge in [-0.05, 0) is 42.5 Å². The highest BCUT2D eigenvalue weighted by atomic mass is 16.2. The highest BCUT2D eigenvalue weighted by Crippen LogP contribution is 2.12. The summed E-state index contributed by atoms with van der Waals surface area (Å²) in [5, 5.41) is 18.1. The number of carbonyl (C=O) groups excluding carboxylic acids is 2. The molecule has 26 heavy (non-hydrogen) atoms. The van der Waals surface area contributed by atoms with Gasteiger partial charge in [-0.2, -0.15) is 10.4 Å². The highest BCUT2D eigenvalue weighted by molar-refractivity contribution is 5.99. The van der Waals surface area contributed by atoms with Crippen molar-refractivity contribution in [1.29, 1.82) is 5.26 Å². The third kappa shape index (κ3) is 4.10. The Kier molecular flexibility index (Phi) is 5.00. The Morgan fingerprint density at radius 2 is 1.96 bits per heavy atom. The zero-order valence-corrected chi connectivity index (χ0v) is 13.6. The molecule has 0 aliphatic rings. The number of aromatic nitrogens is 3. The van der Waals surface area contributed by atoms with E-state index in [9.17, 15) is 9.59 Å². The van der Waals surface area contributed by atoms with Crippen molar-refractivity contribution in [1.82, 2.24) is 20.1 Å². The van der Waals surface area contributed by atoms with Gasteiger partial charge in [0.25, 0.3) is 5.91 Å². The number of benzene rings is 2. The van der Waals surface area contributed by atoms with E-state index in [0.29, 0.717) is 16.8 Å². The van der Waals surface area contributed by atoms with E-state index in [-0.39, 0.29) is 12.5 Å². The molecular weight excluding hydrogens is 332 g/mol. The first-order chi connectivity index (χ1) is 12.7. The van der Waals surface area contributed by atoms with Gasteiger partial charge in [-0.1, -0.05) is 6.07 Å². The second kappa shape index (κ2) is 7.72. The van der Waals surface area contributed by atoms with Gasteiger partial charge in [0.15, 0.2) is 0 Å². The second-order valence-corrected chi connectivity index (χ2v) is 5.31. The molecule has 0 atom stereocenters. The van der Waals surface area contributed by atoms with Crippen LogP contribution in [-0.2, 0) is 4.79 Å². The molecule has 0 saturated carbocycles. The van der Waals surface area contributed by atoms with Gasteiger partial charge in [0, 0.05) is 11.3 Å². The smallest absolute Gasteiger partial charge is 0.251 e. The Balaban J connectivity index is 1.54. The molecule has 8 heteroatoms. The maximum absolute atomic E-state index is 12.0.